The Balaban J connectivity index is 1.57. The highest BCUT2D eigenvalue weighted by atomic mass is 32.2. The number of aryl methyl sites for hydroxylation is 1. The Morgan fingerprint density at radius 1 is 1.03 bits per heavy atom. The lowest BCUT2D eigenvalue weighted by molar-refractivity contribution is -0.385. The number of hydrogen-bond acceptors (Lipinski definition) is 5. The first kappa shape index (κ1) is 28.8. The smallest absolute Gasteiger partial charge is 0.269 e. The monoisotopic (exact) mass is 545 g/mol. The van der Waals surface area contributed by atoms with Crippen LogP contribution in [0.5, 0.6) is 0 Å². The summed E-state index contributed by atoms with van der Waals surface area (Å²) >= 11 is 1.59. The maximum absolute atomic E-state index is 13.7. The average molecular weight is 546 g/mol. The van der Waals surface area contributed by atoms with E-state index in [2.05, 4.69) is 81.1 Å². The Kier molecular flexibility index (Phi) is 9.46. The average Bonchev–Trinajstić information content (AvgIpc) is 2.89. The maximum Gasteiger partial charge on any atom is 0.269 e. The molecule has 0 radical (unpaired) electrons. The fourth-order valence-corrected chi connectivity index (χ4v) is 5.94. The third-order valence-electron chi connectivity index (χ3n) is 7.09. The van der Waals surface area contributed by atoms with E-state index in [1.54, 1.807) is 23.9 Å². The van der Waals surface area contributed by atoms with E-state index in [0.29, 0.717) is 13.0 Å². The van der Waals surface area contributed by atoms with Gasteiger partial charge in [-0.1, -0.05) is 80.6 Å². The van der Waals surface area contributed by atoms with E-state index in [9.17, 15) is 14.9 Å². The van der Waals surface area contributed by atoms with Gasteiger partial charge in [-0.05, 0) is 54.5 Å². The van der Waals surface area contributed by atoms with Gasteiger partial charge in [0.2, 0.25) is 5.91 Å². The Labute approximate surface area is 236 Å². The van der Waals surface area contributed by atoms with Crippen molar-refractivity contribution in [3.63, 3.8) is 0 Å². The molecular weight excluding hydrogens is 506 g/mol. The summed E-state index contributed by atoms with van der Waals surface area (Å²) in [6.45, 7) is 11.4. The van der Waals surface area contributed by atoms with Crippen LogP contribution in [0.2, 0.25) is 0 Å². The molecule has 0 spiro atoms. The number of amides is 1. The molecule has 0 aliphatic carbocycles. The van der Waals surface area contributed by atoms with Crippen LogP contribution in [-0.2, 0) is 17.9 Å². The van der Waals surface area contributed by atoms with Gasteiger partial charge >= 0.3 is 0 Å². The second kappa shape index (κ2) is 12.8. The zero-order chi connectivity index (χ0) is 28.0. The molecule has 39 heavy (non-hydrogen) atoms. The van der Waals surface area contributed by atoms with E-state index >= 15 is 0 Å². The molecule has 4 rings (SSSR count). The molecule has 0 unspecified atom stereocenters. The highest BCUT2D eigenvalue weighted by molar-refractivity contribution is 7.99. The van der Waals surface area contributed by atoms with Gasteiger partial charge < -0.3 is 4.90 Å². The lowest BCUT2D eigenvalue weighted by Gasteiger charge is -2.40. The van der Waals surface area contributed by atoms with Crippen molar-refractivity contribution in [2.75, 3.05) is 13.1 Å². The summed E-state index contributed by atoms with van der Waals surface area (Å²) in [7, 11) is 0. The van der Waals surface area contributed by atoms with Crippen LogP contribution in [0.1, 0.15) is 56.7 Å². The van der Waals surface area contributed by atoms with Gasteiger partial charge in [-0.15, -0.1) is 0 Å². The fraction of sp³-hybridized carbons (Fsp3) is 0.406. The number of rotatable bonds is 9. The van der Waals surface area contributed by atoms with Crippen molar-refractivity contribution < 1.29 is 9.72 Å². The molecule has 1 heterocycles. The van der Waals surface area contributed by atoms with E-state index in [4.69, 9.17) is 0 Å². The number of likely N-dealkylation sites (tertiary alicyclic amines) is 1. The molecule has 1 aliphatic rings. The van der Waals surface area contributed by atoms with Crippen LogP contribution in [0.15, 0.2) is 82.6 Å². The number of benzene rings is 3. The number of hydrogen-bond donors (Lipinski definition) is 0. The molecule has 6 nitrogen and oxygen atoms in total. The summed E-state index contributed by atoms with van der Waals surface area (Å²) < 4.78 is 0. The first-order valence-corrected chi connectivity index (χ1v) is 14.5. The number of nitro benzene ring substituents is 1. The van der Waals surface area contributed by atoms with Crippen molar-refractivity contribution >= 4 is 23.4 Å². The fourth-order valence-electron chi connectivity index (χ4n) is 5.03. The lowest BCUT2D eigenvalue weighted by atomic mass is 9.90. The van der Waals surface area contributed by atoms with Crippen LogP contribution in [-0.4, -0.2) is 39.8 Å². The van der Waals surface area contributed by atoms with Crippen molar-refractivity contribution in [1.82, 2.24) is 9.80 Å². The molecule has 1 fully saturated rings. The standard InChI is InChI=1S/C32H39N3O3S/c1-24-10-13-29(14-11-24)39-30-15-12-28(35(37)38)20-26(30)23-34(31(36)21-32(2,3)4)27-16-18-33(19-17-27)22-25-8-6-5-7-9-25/h5-15,20,27H,16-19,21-23H2,1-4H3. The molecule has 1 aliphatic heterocycles. The summed E-state index contributed by atoms with van der Waals surface area (Å²) in [5.41, 5.74) is 3.21. The largest absolute Gasteiger partial charge is 0.335 e. The number of nitrogens with zero attached hydrogens (tertiary/aromatic N) is 3. The van der Waals surface area contributed by atoms with Crippen LogP contribution < -0.4 is 0 Å². The molecule has 0 atom stereocenters. The van der Waals surface area contributed by atoms with Gasteiger partial charge in [-0.3, -0.25) is 19.8 Å². The highest BCUT2D eigenvalue weighted by Crippen LogP contribution is 2.35. The third kappa shape index (κ3) is 8.41. The molecule has 0 bridgehead atoms. The predicted molar refractivity (Wildman–Crippen MR) is 158 cm³/mol. The highest BCUT2D eigenvalue weighted by Gasteiger charge is 2.31. The topological polar surface area (TPSA) is 66.7 Å². The van der Waals surface area contributed by atoms with Gasteiger partial charge in [-0.2, -0.15) is 0 Å². The van der Waals surface area contributed by atoms with E-state index in [1.807, 2.05) is 17.0 Å². The SMILES string of the molecule is Cc1ccc(Sc2ccc([N+](=O)[O-])cc2CN(C(=O)CC(C)(C)C)C2CCN(Cc3ccccc3)CC2)cc1. The van der Waals surface area contributed by atoms with Crippen LogP contribution in [0.25, 0.3) is 0 Å². The molecule has 1 amide bonds. The summed E-state index contributed by atoms with van der Waals surface area (Å²) in [6.07, 6.45) is 2.21. The number of nitro groups is 1. The Morgan fingerprint density at radius 2 is 1.69 bits per heavy atom. The van der Waals surface area contributed by atoms with Crippen molar-refractivity contribution in [3.8, 4) is 0 Å². The van der Waals surface area contributed by atoms with Crippen molar-refractivity contribution in [2.24, 2.45) is 5.41 Å². The molecular formula is C32H39N3O3S. The zero-order valence-corrected chi connectivity index (χ0v) is 24.2. The molecule has 1 saturated heterocycles. The van der Waals surface area contributed by atoms with Crippen molar-refractivity contribution in [1.29, 1.82) is 0 Å². The normalized spacial score (nSPS) is 14.8. The van der Waals surface area contributed by atoms with Crippen molar-refractivity contribution in [2.45, 2.75) is 75.9 Å². The minimum atomic E-state index is -0.354. The van der Waals surface area contributed by atoms with Crippen LogP contribution in [0, 0.1) is 22.5 Å². The Hall–Kier alpha value is -3.16. The van der Waals surface area contributed by atoms with Crippen LogP contribution in [0.4, 0.5) is 5.69 Å². The van der Waals surface area contributed by atoms with Gasteiger partial charge in [-0.25, -0.2) is 0 Å². The molecule has 0 N–H and O–H groups in total. The molecule has 3 aromatic rings. The van der Waals surface area contributed by atoms with E-state index in [0.717, 1.165) is 47.8 Å². The maximum atomic E-state index is 13.7. The molecule has 0 saturated carbocycles. The lowest BCUT2D eigenvalue weighted by Crippen LogP contribution is -2.47. The number of carbonyl (C=O) groups excluding carboxylic acids is 1. The number of non-ortho nitro benzene ring substituents is 1. The predicted octanol–water partition coefficient (Wildman–Crippen LogP) is 7.48. The second-order valence-corrected chi connectivity index (χ2v) is 12.8. The van der Waals surface area contributed by atoms with Crippen LogP contribution >= 0.6 is 11.8 Å². The number of piperidine rings is 1. The van der Waals surface area contributed by atoms with Crippen LogP contribution in [0.3, 0.4) is 0 Å². The summed E-state index contributed by atoms with van der Waals surface area (Å²) in [4.78, 5) is 31.5. The second-order valence-electron chi connectivity index (χ2n) is 11.7. The first-order valence-electron chi connectivity index (χ1n) is 13.6. The summed E-state index contributed by atoms with van der Waals surface area (Å²) in [6, 6.07) is 23.9. The van der Waals surface area contributed by atoms with E-state index in [1.165, 1.54) is 11.1 Å². The van der Waals surface area contributed by atoms with Gasteiger partial charge in [0.25, 0.3) is 5.69 Å². The Morgan fingerprint density at radius 3 is 2.31 bits per heavy atom. The molecule has 206 valence electrons. The minimum Gasteiger partial charge on any atom is -0.335 e. The third-order valence-corrected chi connectivity index (χ3v) is 8.22. The van der Waals surface area contributed by atoms with Gasteiger partial charge in [0, 0.05) is 60.6 Å². The molecule has 0 aromatic heterocycles. The zero-order valence-electron chi connectivity index (χ0n) is 23.4. The Bertz CT molecular complexity index is 1260. The van der Waals surface area contributed by atoms with Crippen molar-refractivity contribution in [3.05, 3.63) is 99.6 Å². The van der Waals surface area contributed by atoms with Gasteiger partial charge in [0.05, 0.1) is 4.92 Å². The van der Waals surface area contributed by atoms with E-state index in [-0.39, 0.29) is 28.0 Å². The van der Waals surface area contributed by atoms with E-state index < -0.39 is 0 Å². The summed E-state index contributed by atoms with van der Waals surface area (Å²) in [5, 5.41) is 11.7. The first-order chi connectivity index (χ1) is 18.6. The minimum absolute atomic E-state index is 0.0548. The summed E-state index contributed by atoms with van der Waals surface area (Å²) in [5.74, 6) is 0.113. The number of carbonyl (C=O) groups is 1. The van der Waals surface area contributed by atoms with Gasteiger partial charge in [0.1, 0.15) is 0 Å². The van der Waals surface area contributed by atoms with Gasteiger partial charge in [0.15, 0.2) is 0 Å². The molecule has 7 heteroatoms. The molecule has 3 aromatic carbocycles. The quantitative estimate of drug-likeness (QED) is 0.206.